The minimum atomic E-state index is -1.18. The van der Waals surface area contributed by atoms with E-state index in [9.17, 15) is 24.9 Å². The molecule has 0 aliphatic rings. The largest absolute Gasteiger partial charge is 0.508 e. The average Bonchev–Trinajstić information content (AvgIpc) is 2.93. The van der Waals surface area contributed by atoms with E-state index < -0.39 is 42.0 Å². The van der Waals surface area contributed by atoms with Gasteiger partial charge in [0, 0.05) is 12.5 Å². The number of carbonyl (C=O) groups excluding carboxylic acids is 2. The van der Waals surface area contributed by atoms with E-state index in [1.54, 1.807) is 30.3 Å². The van der Waals surface area contributed by atoms with Crippen LogP contribution in [0.3, 0.4) is 0 Å². The first-order valence-electron chi connectivity index (χ1n) is 13.0. The topological polar surface area (TPSA) is 159 Å². The van der Waals surface area contributed by atoms with Crippen molar-refractivity contribution >= 4 is 11.8 Å². The van der Waals surface area contributed by atoms with Crippen molar-refractivity contribution in [1.29, 1.82) is 0 Å². The Kier molecular flexibility index (Phi) is 11.2. The molecule has 5 atom stereocenters. The summed E-state index contributed by atoms with van der Waals surface area (Å²) in [6.07, 6.45) is 2.06. The van der Waals surface area contributed by atoms with Gasteiger partial charge < -0.3 is 32.1 Å². The fourth-order valence-electron chi connectivity index (χ4n) is 4.29. The van der Waals surface area contributed by atoms with Crippen molar-refractivity contribution in [3.8, 4) is 5.75 Å². The Bertz CT molecular complexity index is 1200. The zero-order valence-corrected chi connectivity index (χ0v) is 21.8. The van der Waals surface area contributed by atoms with E-state index in [4.69, 9.17) is 11.5 Å². The van der Waals surface area contributed by atoms with Crippen LogP contribution in [-0.2, 0) is 28.9 Å². The highest BCUT2D eigenvalue weighted by Gasteiger charge is 2.29. The molecule has 0 fully saturated rings. The van der Waals surface area contributed by atoms with E-state index >= 15 is 0 Å². The van der Waals surface area contributed by atoms with Gasteiger partial charge in [0.15, 0.2) is 0 Å². The van der Waals surface area contributed by atoms with Gasteiger partial charge in [0.05, 0.1) is 18.1 Å². The Morgan fingerprint density at radius 1 is 0.795 bits per heavy atom. The molecule has 3 rings (SSSR count). The van der Waals surface area contributed by atoms with Gasteiger partial charge in [0.25, 0.3) is 0 Å². The maximum Gasteiger partial charge on any atom is 0.240 e. The molecule has 2 amide bonds. The Labute approximate surface area is 229 Å². The van der Waals surface area contributed by atoms with Crippen molar-refractivity contribution in [2.45, 2.75) is 50.0 Å². The quantitative estimate of drug-likeness (QED) is 0.175. The van der Waals surface area contributed by atoms with Gasteiger partial charge in [-0.3, -0.25) is 9.59 Å². The summed E-state index contributed by atoms with van der Waals surface area (Å²) in [4.78, 5) is 25.5. The number of nitrogens with two attached hydrogens (primary N) is 2. The number of aliphatic hydroxyl groups excluding tert-OH is 2. The van der Waals surface area contributed by atoms with Gasteiger partial charge in [-0.1, -0.05) is 84.9 Å². The van der Waals surface area contributed by atoms with Crippen molar-refractivity contribution in [2.75, 3.05) is 0 Å². The molecule has 3 aromatic carbocycles. The first kappa shape index (κ1) is 29.6. The lowest BCUT2D eigenvalue weighted by Crippen LogP contribution is -2.50. The van der Waals surface area contributed by atoms with E-state index in [-0.39, 0.29) is 25.0 Å². The molecule has 0 aromatic heterocycles. The second-order valence-corrected chi connectivity index (χ2v) is 9.71. The molecule has 0 saturated carbocycles. The van der Waals surface area contributed by atoms with Gasteiger partial charge in [-0.05, 0) is 48.1 Å². The summed E-state index contributed by atoms with van der Waals surface area (Å²) in [6, 6.07) is 23.6. The molecule has 0 aliphatic heterocycles. The first-order chi connectivity index (χ1) is 18.7. The zero-order valence-electron chi connectivity index (χ0n) is 21.8. The highest BCUT2D eigenvalue weighted by Crippen LogP contribution is 2.17. The number of phenols is 1. The maximum atomic E-state index is 13.3. The fourth-order valence-corrected chi connectivity index (χ4v) is 4.29. The fraction of sp³-hybridized carbons (Fsp3) is 0.290. The van der Waals surface area contributed by atoms with Crippen LogP contribution in [0, 0.1) is 5.92 Å². The molecule has 8 N–H and O–H groups in total. The molecule has 0 unspecified atom stereocenters. The molecular weight excluding hydrogens is 494 g/mol. The normalized spacial score (nSPS) is 15.3. The lowest BCUT2D eigenvalue weighted by Gasteiger charge is -2.24. The van der Waals surface area contributed by atoms with Crippen molar-refractivity contribution in [3.05, 3.63) is 114 Å². The number of aromatic hydroxyl groups is 1. The van der Waals surface area contributed by atoms with Crippen LogP contribution < -0.4 is 16.8 Å². The summed E-state index contributed by atoms with van der Waals surface area (Å²) in [6.45, 7) is 0. The highest BCUT2D eigenvalue weighted by molar-refractivity contribution is 5.88. The van der Waals surface area contributed by atoms with Crippen molar-refractivity contribution in [3.63, 3.8) is 0 Å². The number of hydrogen-bond acceptors (Lipinski definition) is 6. The van der Waals surface area contributed by atoms with Crippen LogP contribution in [-0.4, -0.2) is 51.4 Å². The molecule has 0 aliphatic carbocycles. The van der Waals surface area contributed by atoms with E-state index in [0.717, 1.165) is 16.7 Å². The van der Waals surface area contributed by atoms with Gasteiger partial charge in [0.1, 0.15) is 11.8 Å². The minimum Gasteiger partial charge on any atom is -0.508 e. The Balaban J connectivity index is 1.66. The number of rotatable bonds is 14. The molecule has 0 bridgehead atoms. The van der Waals surface area contributed by atoms with Gasteiger partial charge in [-0.15, -0.1) is 0 Å². The predicted octanol–water partition coefficient (Wildman–Crippen LogP) is 2.00. The second-order valence-electron chi connectivity index (χ2n) is 9.71. The molecule has 8 nitrogen and oxygen atoms in total. The van der Waals surface area contributed by atoms with Gasteiger partial charge in [0.2, 0.25) is 11.8 Å². The van der Waals surface area contributed by atoms with E-state index in [1.165, 1.54) is 6.08 Å². The number of amides is 2. The number of carbonyl (C=O) groups is 2. The molecule has 0 saturated heterocycles. The van der Waals surface area contributed by atoms with Crippen molar-refractivity contribution in [2.24, 2.45) is 17.4 Å². The number of hydrogen-bond donors (Lipinski definition) is 6. The SMILES string of the molecule is NC(=O)[C@H](Cc1ccccc1)NC(=O)[C@H](Cc1ccccc1)[C@@H](O)/C=C/C[C@H](O)[C@@H](N)Cc1ccc(O)cc1. The Hall–Kier alpha value is -3.98. The third-order valence-corrected chi connectivity index (χ3v) is 6.60. The van der Waals surface area contributed by atoms with Crippen LogP contribution in [0.5, 0.6) is 5.75 Å². The maximum absolute atomic E-state index is 13.3. The minimum absolute atomic E-state index is 0.154. The Morgan fingerprint density at radius 2 is 1.33 bits per heavy atom. The van der Waals surface area contributed by atoms with Crippen LogP contribution in [0.2, 0.25) is 0 Å². The summed E-state index contributed by atoms with van der Waals surface area (Å²) in [5, 5.41) is 33.6. The van der Waals surface area contributed by atoms with Gasteiger partial charge >= 0.3 is 0 Å². The second kappa shape index (κ2) is 14.8. The van der Waals surface area contributed by atoms with Crippen LogP contribution in [0.25, 0.3) is 0 Å². The molecule has 0 spiro atoms. The predicted molar refractivity (Wildman–Crippen MR) is 150 cm³/mol. The molecule has 8 heteroatoms. The first-order valence-corrected chi connectivity index (χ1v) is 13.0. The monoisotopic (exact) mass is 531 g/mol. The van der Waals surface area contributed by atoms with Gasteiger partial charge in [-0.25, -0.2) is 0 Å². The standard InChI is InChI=1S/C31H37N3O5/c32-26(19-23-14-16-24(35)17-15-23)29(37)13-7-12-28(36)25(18-21-8-3-1-4-9-21)31(39)34-27(30(33)38)20-22-10-5-2-6-11-22/h1-12,14-17,25-29,35-37H,13,18-20,32H2,(H2,33,38)(H,34,39)/b12-7+/t25-,26+,27+,28+,29+/m1/s1. The summed E-state index contributed by atoms with van der Waals surface area (Å²) < 4.78 is 0. The lowest BCUT2D eigenvalue weighted by atomic mass is 9.91. The van der Waals surface area contributed by atoms with Crippen LogP contribution in [0.4, 0.5) is 0 Å². The zero-order chi connectivity index (χ0) is 28.2. The third-order valence-electron chi connectivity index (χ3n) is 6.60. The highest BCUT2D eigenvalue weighted by atomic mass is 16.3. The van der Waals surface area contributed by atoms with E-state index in [1.807, 2.05) is 60.7 Å². The van der Waals surface area contributed by atoms with Crippen molar-refractivity contribution < 1.29 is 24.9 Å². The van der Waals surface area contributed by atoms with Crippen LogP contribution in [0.1, 0.15) is 23.1 Å². The average molecular weight is 532 g/mol. The third kappa shape index (κ3) is 9.68. The summed E-state index contributed by atoms with van der Waals surface area (Å²) >= 11 is 0. The smallest absolute Gasteiger partial charge is 0.240 e. The number of nitrogens with one attached hydrogen (secondary N) is 1. The molecule has 39 heavy (non-hydrogen) atoms. The van der Waals surface area contributed by atoms with Crippen LogP contribution in [0.15, 0.2) is 97.1 Å². The van der Waals surface area contributed by atoms with Crippen LogP contribution >= 0.6 is 0 Å². The Morgan fingerprint density at radius 3 is 1.90 bits per heavy atom. The number of primary amides is 1. The lowest BCUT2D eigenvalue weighted by molar-refractivity contribution is -0.131. The molecule has 0 radical (unpaired) electrons. The number of aliphatic hydroxyl groups is 2. The van der Waals surface area contributed by atoms with E-state index in [0.29, 0.717) is 6.42 Å². The van der Waals surface area contributed by atoms with E-state index in [2.05, 4.69) is 5.32 Å². The summed E-state index contributed by atoms with van der Waals surface area (Å²) in [7, 11) is 0. The number of phenolic OH excluding ortho intramolecular Hbond substituents is 1. The van der Waals surface area contributed by atoms with Crippen molar-refractivity contribution in [1.82, 2.24) is 5.32 Å². The summed E-state index contributed by atoms with van der Waals surface area (Å²) in [5.74, 6) is -1.91. The molecule has 206 valence electrons. The number of benzene rings is 3. The summed E-state index contributed by atoms with van der Waals surface area (Å²) in [5.41, 5.74) is 14.3. The molecule has 0 heterocycles. The van der Waals surface area contributed by atoms with Gasteiger partial charge in [-0.2, -0.15) is 0 Å². The molecular formula is C31H37N3O5. The molecule has 3 aromatic rings.